The van der Waals surface area contributed by atoms with Crippen molar-refractivity contribution in [3.8, 4) is 0 Å². The number of nitrogens with one attached hydrogen (secondary N) is 1. The van der Waals surface area contributed by atoms with Crippen LogP contribution in [-0.4, -0.2) is 19.1 Å². The third-order valence-corrected chi connectivity index (χ3v) is 3.51. The van der Waals surface area contributed by atoms with E-state index in [9.17, 15) is 4.79 Å². The molecule has 1 rings (SSSR count). The number of halogens is 1. The van der Waals surface area contributed by atoms with E-state index in [1.54, 1.807) is 0 Å². The van der Waals surface area contributed by atoms with Gasteiger partial charge < -0.3 is 10.1 Å². The summed E-state index contributed by atoms with van der Waals surface area (Å²) >= 11 is 6.08. The number of hydrogen-bond donors (Lipinski definition) is 1. The van der Waals surface area contributed by atoms with Crippen LogP contribution in [0.15, 0.2) is 24.3 Å². The van der Waals surface area contributed by atoms with Crippen molar-refractivity contribution in [3.05, 3.63) is 34.9 Å². The van der Waals surface area contributed by atoms with E-state index in [1.165, 1.54) is 7.11 Å². The van der Waals surface area contributed by atoms with Crippen molar-refractivity contribution >= 4 is 17.6 Å². The number of esters is 1. The quantitative estimate of drug-likeness (QED) is 0.807. The van der Waals surface area contributed by atoms with Gasteiger partial charge in [0.15, 0.2) is 0 Å². The molecule has 2 atom stereocenters. The predicted octanol–water partition coefficient (Wildman–Crippen LogP) is 3.02. The highest BCUT2D eigenvalue weighted by Crippen LogP contribution is 2.16. The van der Waals surface area contributed by atoms with Gasteiger partial charge in [0.25, 0.3) is 0 Å². The Morgan fingerprint density at radius 1 is 1.44 bits per heavy atom. The Bertz CT molecular complexity index is 395. The van der Waals surface area contributed by atoms with Gasteiger partial charge in [-0.1, -0.05) is 50.1 Å². The summed E-state index contributed by atoms with van der Waals surface area (Å²) in [7, 11) is 1.41. The van der Waals surface area contributed by atoms with Crippen LogP contribution in [0.3, 0.4) is 0 Å². The molecular weight excluding hydrogens is 250 g/mol. The molecule has 0 heterocycles. The zero-order chi connectivity index (χ0) is 13.5. The first-order chi connectivity index (χ1) is 8.60. The minimum atomic E-state index is -0.295. The van der Waals surface area contributed by atoms with Crippen molar-refractivity contribution in [2.24, 2.45) is 5.92 Å². The Kier molecular flexibility index (Phi) is 6.16. The number of benzene rings is 1. The third-order valence-electron chi connectivity index (χ3n) is 3.14. The maximum absolute atomic E-state index is 11.7. The van der Waals surface area contributed by atoms with Gasteiger partial charge in [0.2, 0.25) is 0 Å². The van der Waals surface area contributed by atoms with Crippen LogP contribution in [0, 0.1) is 5.92 Å². The molecule has 0 aliphatic heterocycles. The van der Waals surface area contributed by atoms with E-state index in [1.807, 2.05) is 31.2 Å². The van der Waals surface area contributed by atoms with E-state index < -0.39 is 0 Å². The van der Waals surface area contributed by atoms with E-state index in [0.717, 1.165) is 12.0 Å². The molecular formula is C14H20ClNO2. The third kappa shape index (κ3) is 4.00. The molecule has 1 aromatic carbocycles. The zero-order valence-electron chi connectivity index (χ0n) is 11.1. The van der Waals surface area contributed by atoms with E-state index in [-0.39, 0.29) is 17.9 Å². The van der Waals surface area contributed by atoms with Gasteiger partial charge in [-0.2, -0.15) is 0 Å². The maximum Gasteiger partial charge on any atom is 0.323 e. The van der Waals surface area contributed by atoms with Crippen molar-refractivity contribution < 1.29 is 9.53 Å². The second-order valence-electron chi connectivity index (χ2n) is 4.36. The van der Waals surface area contributed by atoms with Gasteiger partial charge in [-0.05, 0) is 17.5 Å². The molecule has 0 spiro atoms. The van der Waals surface area contributed by atoms with Gasteiger partial charge in [-0.15, -0.1) is 0 Å². The van der Waals surface area contributed by atoms with Crippen LogP contribution >= 0.6 is 11.6 Å². The first-order valence-electron chi connectivity index (χ1n) is 6.14. The lowest BCUT2D eigenvalue weighted by molar-refractivity contribution is -0.144. The molecule has 0 aromatic heterocycles. The van der Waals surface area contributed by atoms with Crippen molar-refractivity contribution in [1.29, 1.82) is 0 Å². The molecule has 0 aliphatic carbocycles. The lowest BCUT2D eigenvalue weighted by Crippen LogP contribution is -2.42. The Hall–Kier alpha value is -1.06. The van der Waals surface area contributed by atoms with Crippen LogP contribution in [0.5, 0.6) is 0 Å². The van der Waals surface area contributed by atoms with Crippen molar-refractivity contribution in [2.75, 3.05) is 7.11 Å². The topological polar surface area (TPSA) is 38.3 Å². The Morgan fingerprint density at radius 3 is 2.67 bits per heavy atom. The summed E-state index contributed by atoms with van der Waals surface area (Å²) in [6.45, 7) is 4.64. The number of methoxy groups -OCH3 is 1. The number of ether oxygens (including phenoxy) is 1. The summed E-state index contributed by atoms with van der Waals surface area (Å²) in [4.78, 5) is 11.7. The average Bonchev–Trinajstić information content (AvgIpc) is 2.40. The van der Waals surface area contributed by atoms with Crippen LogP contribution in [0.4, 0.5) is 0 Å². The van der Waals surface area contributed by atoms with Crippen LogP contribution in [0.2, 0.25) is 5.02 Å². The van der Waals surface area contributed by atoms with Gasteiger partial charge in [0.1, 0.15) is 6.04 Å². The van der Waals surface area contributed by atoms with Gasteiger partial charge in [-0.3, -0.25) is 4.79 Å². The molecule has 1 aromatic rings. The number of hydrogen-bond acceptors (Lipinski definition) is 3. The highest BCUT2D eigenvalue weighted by molar-refractivity contribution is 6.31. The highest BCUT2D eigenvalue weighted by Gasteiger charge is 2.24. The molecule has 100 valence electrons. The smallest absolute Gasteiger partial charge is 0.323 e. The summed E-state index contributed by atoms with van der Waals surface area (Å²) in [5.74, 6) is -0.00339. The summed E-state index contributed by atoms with van der Waals surface area (Å²) in [5, 5.41) is 3.93. The van der Waals surface area contributed by atoms with E-state index in [2.05, 4.69) is 12.2 Å². The summed E-state index contributed by atoms with van der Waals surface area (Å²) in [6, 6.07) is 7.31. The SMILES string of the molecule is CCC(C)C(NCc1ccccc1Cl)C(=O)OC. The Morgan fingerprint density at radius 2 is 2.11 bits per heavy atom. The summed E-state index contributed by atoms with van der Waals surface area (Å²) in [6.07, 6.45) is 0.912. The fourth-order valence-corrected chi connectivity index (χ4v) is 1.94. The normalized spacial score (nSPS) is 14.0. The monoisotopic (exact) mass is 269 g/mol. The fraction of sp³-hybridized carbons (Fsp3) is 0.500. The average molecular weight is 270 g/mol. The number of carbonyl (C=O) groups is 1. The van der Waals surface area contributed by atoms with E-state index >= 15 is 0 Å². The zero-order valence-corrected chi connectivity index (χ0v) is 11.8. The Balaban J connectivity index is 2.68. The molecule has 0 aliphatic rings. The molecule has 0 saturated heterocycles. The lowest BCUT2D eigenvalue weighted by Gasteiger charge is -2.22. The molecule has 4 heteroatoms. The van der Waals surface area contributed by atoms with Crippen LogP contribution < -0.4 is 5.32 Å². The van der Waals surface area contributed by atoms with Crippen molar-refractivity contribution in [3.63, 3.8) is 0 Å². The van der Waals surface area contributed by atoms with Crippen molar-refractivity contribution in [1.82, 2.24) is 5.32 Å². The van der Waals surface area contributed by atoms with Gasteiger partial charge in [-0.25, -0.2) is 0 Å². The first-order valence-corrected chi connectivity index (χ1v) is 6.52. The second-order valence-corrected chi connectivity index (χ2v) is 4.77. The minimum Gasteiger partial charge on any atom is -0.468 e. The fourth-order valence-electron chi connectivity index (χ4n) is 1.74. The molecule has 18 heavy (non-hydrogen) atoms. The maximum atomic E-state index is 11.7. The van der Waals surface area contributed by atoms with Crippen molar-refractivity contribution in [2.45, 2.75) is 32.9 Å². The van der Waals surface area contributed by atoms with E-state index in [0.29, 0.717) is 11.6 Å². The summed E-state index contributed by atoms with van der Waals surface area (Å²) < 4.78 is 4.82. The van der Waals surface area contributed by atoms with Gasteiger partial charge in [0, 0.05) is 11.6 Å². The number of rotatable bonds is 6. The predicted molar refractivity (Wildman–Crippen MR) is 73.6 cm³/mol. The molecule has 0 saturated carbocycles. The highest BCUT2D eigenvalue weighted by atomic mass is 35.5. The Labute approximate surface area is 113 Å². The lowest BCUT2D eigenvalue weighted by atomic mass is 9.99. The molecule has 0 amide bonds. The van der Waals surface area contributed by atoms with Crippen LogP contribution in [0.1, 0.15) is 25.8 Å². The molecule has 3 nitrogen and oxygen atoms in total. The molecule has 0 bridgehead atoms. The van der Waals surface area contributed by atoms with Gasteiger partial charge in [0.05, 0.1) is 7.11 Å². The first kappa shape index (κ1) is 15.0. The molecule has 0 fully saturated rings. The van der Waals surface area contributed by atoms with Crippen LogP contribution in [0.25, 0.3) is 0 Å². The molecule has 2 unspecified atom stereocenters. The number of carbonyl (C=O) groups excluding carboxylic acids is 1. The summed E-state index contributed by atoms with van der Waals surface area (Å²) in [5.41, 5.74) is 0.983. The van der Waals surface area contributed by atoms with Crippen LogP contribution in [-0.2, 0) is 16.1 Å². The van der Waals surface area contributed by atoms with E-state index in [4.69, 9.17) is 16.3 Å². The second kappa shape index (κ2) is 7.39. The molecule has 1 N–H and O–H groups in total. The standard InChI is InChI=1S/C14H20ClNO2/c1-4-10(2)13(14(17)18-3)16-9-11-7-5-6-8-12(11)15/h5-8,10,13,16H,4,9H2,1-3H3. The van der Waals surface area contributed by atoms with Gasteiger partial charge >= 0.3 is 5.97 Å². The largest absolute Gasteiger partial charge is 0.468 e. The minimum absolute atomic E-state index is 0.222. The molecule has 0 radical (unpaired) electrons.